The monoisotopic (exact) mass is 648 g/mol. The molecule has 1 heterocycles. The number of thioether (sulfide) groups is 1. The quantitative estimate of drug-likeness (QED) is 0.292. The number of nitrogens with one attached hydrogen (secondary N) is 1. The molecule has 0 saturated carbocycles. The van der Waals surface area contributed by atoms with Gasteiger partial charge in [0, 0.05) is 30.0 Å². The number of carbonyl (C=O) groups is 3. The number of nitrogens with zero attached hydrogens (tertiary/aromatic N) is 2. The molecule has 0 radical (unpaired) electrons. The Hall–Kier alpha value is -3.62. The van der Waals surface area contributed by atoms with Crippen LogP contribution in [0.1, 0.15) is 36.0 Å². The van der Waals surface area contributed by atoms with Crippen molar-refractivity contribution in [3.8, 4) is 0 Å². The van der Waals surface area contributed by atoms with Gasteiger partial charge in [-0.05, 0) is 43.7 Å². The predicted molar refractivity (Wildman–Crippen MR) is 153 cm³/mol. The minimum absolute atomic E-state index is 0.149. The number of aliphatic imine (C=N–C) groups is 1. The lowest BCUT2D eigenvalue weighted by atomic mass is 9.83. The first-order valence-corrected chi connectivity index (χ1v) is 14.8. The van der Waals surface area contributed by atoms with Crippen LogP contribution in [0.3, 0.4) is 0 Å². The number of carbonyl (C=O) groups excluding carboxylic acids is 3. The lowest BCUT2D eigenvalue weighted by molar-refractivity contribution is -0.146. The molecule has 3 rings (SSSR count). The van der Waals surface area contributed by atoms with Crippen LogP contribution in [0.25, 0.3) is 0 Å². The van der Waals surface area contributed by atoms with Crippen molar-refractivity contribution in [3.63, 3.8) is 0 Å². The number of hydrogen-bond acceptors (Lipinski definition) is 5. The highest BCUT2D eigenvalue weighted by Gasteiger charge is 2.40. The van der Waals surface area contributed by atoms with E-state index in [1.54, 1.807) is 37.4 Å². The van der Waals surface area contributed by atoms with Crippen LogP contribution in [0.2, 0.25) is 0 Å². The Labute approximate surface area is 253 Å². The molecule has 240 valence electrons. The van der Waals surface area contributed by atoms with Crippen molar-refractivity contribution in [2.45, 2.75) is 51.0 Å². The number of hydrogen-bond donors (Lipinski definition) is 2. The summed E-state index contributed by atoms with van der Waals surface area (Å²) < 4.78 is 93.2. The molecule has 44 heavy (non-hydrogen) atoms. The topological polar surface area (TPSA) is 105 Å². The Kier molecular flexibility index (Phi) is 11.8. The van der Waals surface area contributed by atoms with E-state index in [0.29, 0.717) is 22.4 Å². The van der Waals surface area contributed by atoms with Crippen molar-refractivity contribution in [2.24, 2.45) is 22.6 Å². The van der Waals surface area contributed by atoms with Crippen molar-refractivity contribution in [3.05, 3.63) is 65.0 Å². The molecule has 15 heteroatoms. The largest absolute Gasteiger partial charge is 0.389 e. The van der Waals surface area contributed by atoms with Crippen LogP contribution >= 0.6 is 11.8 Å². The normalized spacial score (nSPS) is 17.4. The van der Waals surface area contributed by atoms with Crippen molar-refractivity contribution >= 4 is 40.9 Å². The zero-order valence-electron chi connectivity index (χ0n) is 23.7. The number of nitrogens with two attached hydrogens (primary N) is 1. The first kappa shape index (κ1) is 34.9. The summed E-state index contributed by atoms with van der Waals surface area (Å²) >= 11 is 1.30. The van der Waals surface area contributed by atoms with E-state index < -0.39 is 86.0 Å². The predicted octanol–water partition coefficient (Wildman–Crippen LogP) is 5.18. The van der Waals surface area contributed by atoms with E-state index in [-0.39, 0.29) is 11.6 Å². The van der Waals surface area contributed by atoms with Crippen molar-refractivity contribution in [1.29, 1.82) is 0 Å². The molecule has 3 N–H and O–H groups in total. The molecular formula is C29H31F7N4O3S. The number of amides is 3. The van der Waals surface area contributed by atoms with Gasteiger partial charge >= 0.3 is 6.18 Å². The first-order chi connectivity index (χ1) is 20.6. The molecule has 1 aliphatic rings. The van der Waals surface area contributed by atoms with Crippen LogP contribution in [0.15, 0.2) is 47.5 Å². The Morgan fingerprint density at radius 3 is 2.39 bits per heavy atom. The van der Waals surface area contributed by atoms with Crippen LogP contribution in [0.4, 0.5) is 36.4 Å². The van der Waals surface area contributed by atoms with E-state index in [9.17, 15) is 45.1 Å². The SMILES string of the molecule is CSCN1C(=O)C(CNC(=O)[C@H](CCC(F)(F)F)[C@H](CC(F)C(F)F)C(N)=O)N=C(c2cccc(F)c2)c2cccc(C)c21. The van der Waals surface area contributed by atoms with Gasteiger partial charge < -0.3 is 11.1 Å². The standard InChI is InChI=1S/C29H31F7N4O3S/c1-15-5-3-8-19-23(16-6-4-7-17(30)11-16)39-22(28(43)40(14-44-2)24(15)19)13-38-27(42)18(9-10-29(34,35)36)20(26(37)41)12-21(31)25(32)33/h3-8,11,18,20-22,25H,9-10,12-14H2,1-2H3,(H2,37,41)(H,38,42)/t18-,20+,21?,22?/m1/s1. The van der Waals surface area contributed by atoms with E-state index in [1.165, 1.54) is 34.9 Å². The Balaban J connectivity index is 2.02. The molecule has 2 aromatic carbocycles. The summed E-state index contributed by atoms with van der Waals surface area (Å²) in [6.07, 6.45) is -13.4. The van der Waals surface area contributed by atoms with Crippen molar-refractivity contribution in [2.75, 3.05) is 23.6 Å². The molecule has 4 atom stereocenters. The van der Waals surface area contributed by atoms with Gasteiger partial charge in [0.05, 0.1) is 23.2 Å². The third-order valence-electron chi connectivity index (χ3n) is 7.10. The maximum Gasteiger partial charge on any atom is 0.389 e. The lowest BCUT2D eigenvalue weighted by Gasteiger charge is -2.27. The average molecular weight is 649 g/mol. The summed E-state index contributed by atoms with van der Waals surface area (Å²) in [7, 11) is 0. The summed E-state index contributed by atoms with van der Waals surface area (Å²) in [4.78, 5) is 45.1. The minimum atomic E-state index is -4.79. The van der Waals surface area contributed by atoms with E-state index >= 15 is 0 Å². The number of alkyl halides is 6. The number of halogens is 7. The molecule has 2 unspecified atom stereocenters. The van der Waals surface area contributed by atoms with Crippen LogP contribution in [-0.4, -0.2) is 66.9 Å². The molecule has 1 aliphatic heterocycles. The van der Waals surface area contributed by atoms with Gasteiger partial charge in [-0.3, -0.25) is 24.3 Å². The molecule has 0 fully saturated rings. The fraction of sp³-hybridized carbons (Fsp3) is 0.448. The van der Waals surface area contributed by atoms with E-state index in [2.05, 4.69) is 10.3 Å². The number of benzodiazepines with no additional fused rings is 1. The summed E-state index contributed by atoms with van der Waals surface area (Å²) in [5.41, 5.74) is 7.41. The maximum atomic E-state index is 14.2. The third kappa shape index (κ3) is 8.73. The highest BCUT2D eigenvalue weighted by molar-refractivity contribution is 7.98. The van der Waals surface area contributed by atoms with E-state index in [0.717, 1.165) is 0 Å². The minimum Gasteiger partial charge on any atom is -0.369 e. The highest BCUT2D eigenvalue weighted by atomic mass is 32.2. The van der Waals surface area contributed by atoms with Gasteiger partial charge in [0.25, 0.3) is 12.3 Å². The van der Waals surface area contributed by atoms with Crippen molar-refractivity contribution < 1.29 is 45.1 Å². The number of anilines is 1. The highest BCUT2D eigenvalue weighted by Crippen LogP contribution is 2.34. The first-order valence-electron chi connectivity index (χ1n) is 13.4. The molecule has 0 aromatic heterocycles. The molecule has 0 spiro atoms. The Bertz CT molecular complexity index is 1390. The number of para-hydroxylation sites is 1. The maximum absolute atomic E-state index is 14.2. The Morgan fingerprint density at radius 1 is 1.11 bits per heavy atom. The van der Waals surface area contributed by atoms with Gasteiger partial charge in [-0.2, -0.15) is 13.2 Å². The Morgan fingerprint density at radius 2 is 1.80 bits per heavy atom. The molecular weight excluding hydrogens is 617 g/mol. The summed E-state index contributed by atoms with van der Waals surface area (Å²) in [5, 5.41) is 2.31. The van der Waals surface area contributed by atoms with Gasteiger partial charge in [0.2, 0.25) is 11.8 Å². The fourth-order valence-electron chi connectivity index (χ4n) is 5.02. The van der Waals surface area contributed by atoms with E-state index in [4.69, 9.17) is 5.73 Å². The van der Waals surface area contributed by atoms with E-state index in [1.807, 2.05) is 0 Å². The van der Waals surface area contributed by atoms with Gasteiger partial charge in [-0.25, -0.2) is 17.6 Å². The number of fused-ring (bicyclic) bond motifs is 1. The van der Waals surface area contributed by atoms with Crippen LogP contribution in [-0.2, 0) is 14.4 Å². The second-order valence-electron chi connectivity index (χ2n) is 10.3. The second kappa shape index (κ2) is 14.9. The molecule has 2 aromatic rings. The second-order valence-corrected chi connectivity index (χ2v) is 11.1. The number of rotatable bonds is 13. The summed E-state index contributed by atoms with van der Waals surface area (Å²) in [6.45, 7) is 1.17. The summed E-state index contributed by atoms with van der Waals surface area (Å²) in [6, 6.07) is 9.23. The third-order valence-corrected chi connectivity index (χ3v) is 7.62. The fourth-order valence-corrected chi connectivity index (χ4v) is 5.54. The van der Waals surface area contributed by atoms with Gasteiger partial charge in [0.1, 0.15) is 11.9 Å². The lowest BCUT2D eigenvalue weighted by Crippen LogP contribution is -2.47. The average Bonchev–Trinajstić information content (AvgIpc) is 3.05. The number of benzene rings is 2. The number of primary amides is 1. The zero-order valence-corrected chi connectivity index (χ0v) is 24.5. The summed E-state index contributed by atoms with van der Waals surface area (Å²) in [5.74, 6) is -7.59. The van der Waals surface area contributed by atoms with Crippen LogP contribution in [0, 0.1) is 24.6 Å². The van der Waals surface area contributed by atoms with Crippen LogP contribution in [0.5, 0.6) is 0 Å². The molecule has 0 bridgehead atoms. The van der Waals surface area contributed by atoms with Gasteiger partial charge in [-0.1, -0.05) is 30.3 Å². The molecule has 0 aliphatic carbocycles. The van der Waals surface area contributed by atoms with Gasteiger partial charge in [0.15, 0.2) is 6.17 Å². The molecule has 3 amide bonds. The number of aryl methyl sites for hydroxylation is 1. The smallest absolute Gasteiger partial charge is 0.369 e. The van der Waals surface area contributed by atoms with Crippen LogP contribution < -0.4 is 16.0 Å². The van der Waals surface area contributed by atoms with Crippen molar-refractivity contribution in [1.82, 2.24) is 5.32 Å². The molecule has 0 saturated heterocycles. The van der Waals surface area contributed by atoms with Gasteiger partial charge in [-0.15, -0.1) is 11.8 Å². The molecule has 7 nitrogen and oxygen atoms in total. The zero-order chi connectivity index (χ0) is 32.8.